The highest BCUT2D eigenvalue weighted by Gasteiger charge is 2.11. The Morgan fingerprint density at radius 2 is 1.68 bits per heavy atom. The molecule has 28 heavy (non-hydrogen) atoms. The standard InChI is InChI=1S/C21H18N4O2S/c26-18(12-11-17-14-28-21(23-17)16-9-5-2-6-10-16)22-13-19-24-25-20(27-19)15-7-3-1-4-8-15/h1-10,14H,11-13H2,(H,22,26). The Bertz CT molecular complexity index is 961. The van der Waals surface area contributed by atoms with Crippen molar-refractivity contribution in [2.45, 2.75) is 19.4 Å². The van der Waals surface area contributed by atoms with Crippen molar-refractivity contribution in [3.8, 4) is 22.0 Å². The van der Waals surface area contributed by atoms with E-state index in [1.165, 1.54) is 0 Å². The van der Waals surface area contributed by atoms with E-state index in [-0.39, 0.29) is 12.5 Å². The predicted molar refractivity (Wildman–Crippen MR) is 107 cm³/mol. The van der Waals surface area contributed by atoms with Gasteiger partial charge in [0.2, 0.25) is 17.7 Å². The first-order valence-electron chi connectivity index (χ1n) is 8.92. The van der Waals surface area contributed by atoms with Crippen LogP contribution in [-0.4, -0.2) is 21.1 Å². The van der Waals surface area contributed by atoms with E-state index in [0.717, 1.165) is 21.8 Å². The summed E-state index contributed by atoms with van der Waals surface area (Å²) < 4.78 is 5.59. The predicted octanol–water partition coefficient (Wildman–Crippen LogP) is 4.11. The van der Waals surface area contributed by atoms with Crippen LogP contribution < -0.4 is 5.32 Å². The van der Waals surface area contributed by atoms with Crippen LogP contribution in [0, 0.1) is 0 Å². The van der Waals surface area contributed by atoms with Crippen molar-refractivity contribution in [1.82, 2.24) is 20.5 Å². The van der Waals surface area contributed by atoms with E-state index in [0.29, 0.717) is 24.6 Å². The number of carbonyl (C=O) groups excluding carboxylic acids is 1. The molecular formula is C21H18N4O2S. The fourth-order valence-electron chi connectivity index (χ4n) is 2.66. The van der Waals surface area contributed by atoms with Crippen molar-refractivity contribution in [3.63, 3.8) is 0 Å². The highest BCUT2D eigenvalue weighted by Crippen LogP contribution is 2.23. The van der Waals surface area contributed by atoms with Crippen LogP contribution in [-0.2, 0) is 17.8 Å². The molecule has 0 radical (unpaired) electrons. The lowest BCUT2D eigenvalue weighted by Crippen LogP contribution is -2.23. The molecule has 0 aliphatic carbocycles. The Balaban J connectivity index is 1.26. The molecule has 4 rings (SSSR count). The Morgan fingerprint density at radius 3 is 2.43 bits per heavy atom. The van der Waals surface area contributed by atoms with Gasteiger partial charge in [-0.3, -0.25) is 4.79 Å². The van der Waals surface area contributed by atoms with Crippen molar-refractivity contribution < 1.29 is 9.21 Å². The largest absolute Gasteiger partial charge is 0.419 e. The maximum Gasteiger partial charge on any atom is 0.247 e. The number of carbonyl (C=O) groups is 1. The van der Waals surface area contributed by atoms with Crippen LogP contribution in [0.3, 0.4) is 0 Å². The van der Waals surface area contributed by atoms with Crippen molar-refractivity contribution in [3.05, 3.63) is 77.6 Å². The van der Waals surface area contributed by atoms with E-state index >= 15 is 0 Å². The summed E-state index contributed by atoms with van der Waals surface area (Å²) in [6.45, 7) is 0.213. The molecule has 0 unspecified atom stereocenters. The zero-order valence-electron chi connectivity index (χ0n) is 15.0. The van der Waals surface area contributed by atoms with Gasteiger partial charge < -0.3 is 9.73 Å². The van der Waals surface area contributed by atoms with Crippen LogP contribution in [0.15, 0.2) is 70.5 Å². The molecule has 2 heterocycles. The zero-order valence-corrected chi connectivity index (χ0v) is 15.9. The van der Waals surface area contributed by atoms with Gasteiger partial charge in [0.05, 0.1) is 12.2 Å². The van der Waals surface area contributed by atoms with E-state index in [9.17, 15) is 4.79 Å². The highest BCUT2D eigenvalue weighted by molar-refractivity contribution is 7.13. The number of nitrogens with one attached hydrogen (secondary N) is 1. The van der Waals surface area contributed by atoms with Gasteiger partial charge in [0.25, 0.3) is 0 Å². The highest BCUT2D eigenvalue weighted by atomic mass is 32.1. The van der Waals surface area contributed by atoms with Gasteiger partial charge in [-0.25, -0.2) is 4.98 Å². The fraction of sp³-hybridized carbons (Fsp3) is 0.143. The molecule has 0 aliphatic rings. The first-order valence-corrected chi connectivity index (χ1v) is 9.80. The second kappa shape index (κ2) is 8.58. The third-order valence-electron chi connectivity index (χ3n) is 4.11. The van der Waals surface area contributed by atoms with Gasteiger partial charge in [0.1, 0.15) is 5.01 Å². The molecule has 140 valence electrons. The molecule has 0 atom stereocenters. The number of hydrogen-bond donors (Lipinski definition) is 1. The number of rotatable bonds is 7. The topological polar surface area (TPSA) is 80.9 Å². The minimum absolute atomic E-state index is 0.0753. The van der Waals surface area contributed by atoms with E-state index in [1.54, 1.807) is 11.3 Å². The first-order chi connectivity index (χ1) is 13.8. The van der Waals surface area contributed by atoms with Gasteiger partial charge in [-0.05, 0) is 18.6 Å². The Labute approximate surface area is 166 Å². The Hall–Kier alpha value is -3.32. The molecule has 0 bridgehead atoms. The average Bonchev–Trinajstić information content (AvgIpc) is 3.42. The maximum absolute atomic E-state index is 12.1. The number of aryl methyl sites for hydroxylation is 1. The van der Waals surface area contributed by atoms with Gasteiger partial charge in [-0.1, -0.05) is 48.5 Å². The van der Waals surface area contributed by atoms with Gasteiger partial charge in [-0.2, -0.15) is 0 Å². The summed E-state index contributed by atoms with van der Waals surface area (Å²) in [6, 6.07) is 19.6. The molecule has 1 amide bonds. The number of thiazole rings is 1. The number of nitrogens with zero attached hydrogens (tertiary/aromatic N) is 3. The Morgan fingerprint density at radius 1 is 0.964 bits per heavy atom. The van der Waals surface area contributed by atoms with Crippen molar-refractivity contribution in [2.24, 2.45) is 0 Å². The van der Waals surface area contributed by atoms with Crippen molar-refractivity contribution in [2.75, 3.05) is 0 Å². The quantitative estimate of drug-likeness (QED) is 0.514. The molecule has 2 aromatic heterocycles. The number of hydrogen-bond acceptors (Lipinski definition) is 6. The van der Waals surface area contributed by atoms with E-state index in [2.05, 4.69) is 20.5 Å². The maximum atomic E-state index is 12.1. The van der Waals surface area contributed by atoms with Crippen molar-refractivity contribution >= 4 is 17.2 Å². The van der Waals surface area contributed by atoms with Crippen molar-refractivity contribution in [1.29, 1.82) is 0 Å². The third kappa shape index (κ3) is 4.50. The lowest BCUT2D eigenvalue weighted by molar-refractivity contribution is -0.121. The monoisotopic (exact) mass is 390 g/mol. The van der Waals surface area contributed by atoms with Crippen LogP contribution in [0.4, 0.5) is 0 Å². The van der Waals surface area contributed by atoms with E-state index in [4.69, 9.17) is 4.42 Å². The smallest absolute Gasteiger partial charge is 0.247 e. The van der Waals surface area contributed by atoms with Crippen LogP contribution >= 0.6 is 11.3 Å². The fourth-order valence-corrected chi connectivity index (χ4v) is 3.52. The van der Waals surface area contributed by atoms with Crippen LogP contribution in [0.25, 0.3) is 22.0 Å². The van der Waals surface area contributed by atoms with Gasteiger partial charge in [0.15, 0.2) is 0 Å². The molecule has 1 N–H and O–H groups in total. The average molecular weight is 390 g/mol. The summed E-state index contributed by atoms with van der Waals surface area (Å²) in [5, 5.41) is 13.8. The molecule has 0 fully saturated rings. The molecule has 0 saturated heterocycles. The van der Waals surface area contributed by atoms with E-state index in [1.807, 2.05) is 66.0 Å². The lowest BCUT2D eigenvalue weighted by atomic mass is 10.2. The van der Waals surface area contributed by atoms with E-state index < -0.39 is 0 Å². The van der Waals surface area contributed by atoms with Crippen LogP contribution in [0.5, 0.6) is 0 Å². The Kier molecular flexibility index (Phi) is 5.53. The SMILES string of the molecule is O=C(CCc1csc(-c2ccccc2)n1)NCc1nnc(-c2ccccc2)o1. The summed E-state index contributed by atoms with van der Waals surface area (Å²) in [5.41, 5.74) is 2.86. The molecule has 6 nitrogen and oxygen atoms in total. The summed E-state index contributed by atoms with van der Waals surface area (Å²) >= 11 is 1.59. The normalized spacial score (nSPS) is 10.7. The van der Waals surface area contributed by atoms with Gasteiger partial charge in [-0.15, -0.1) is 21.5 Å². The summed E-state index contributed by atoms with van der Waals surface area (Å²) in [6.07, 6.45) is 0.950. The van der Waals surface area contributed by atoms with Crippen LogP contribution in [0.1, 0.15) is 18.0 Å². The lowest BCUT2D eigenvalue weighted by Gasteiger charge is -2.01. The third-order valence-corrected chi connectivity index (χ3v) is 5.05. The molecule has 2 aromatic carbocycles. The van der Waals surface area contributed by atoms with Crippen LogP contribution in [0.2, 0.25) is 0 Å². The molecule has 0 spiro atoms. The first kappa shape index (κ1) is 18.1. The summed E-state index contributed by atoms with van der Waals surface area (Å²) in [5.74, 6) is 0.752. The summed E-state index contributed by atoms with van der Waals surface area (Å²) in [7, 11) is 0. The van der Waals surface area contributed by atoms with Gasteiger partial charge >= 0.3 is 0 Å². The second-order valence-electron chi connectivity index (χ2n) is 6.15. The summed E-state index contributed by atoms with van der Waals surface area (Å²) in [4.78, 5) is 16.7. The molecule has 7 heteroatoms. The number of amides is 1. The second-order valence-corrected chi connectivity index (χ2v) is 7.01. The zero-order chi connectivity index (χ0) is 19.2. The van der Waals surface area contributed by atoms with Gasteiger partial charge in [0, 0.05) is 22.9 Å². The minimum atomic E-state index is -0.0753. The molecule has 0 saturated carbocycles. The molecular weight excluding hydrogens is 372 g/mol. The number of benzene rings is 2. The molecule has 0 aliphatic heterocycles. The molecule has 4 aromatic rings. The number of aromatic nitrogens is 3. The minimum Gasteiger partial charge on any atom is -0.419 e.